The Bertz CT molecular complexity index is 1020. The molecule has 3 aromatic rings. The second-order valence-electron chi connectivity index (χ2n) is 8.14. The summed E-state index contributed by atoms with van der Waals surface area (Å²) in [6.07, 6.45) is -3.74. The predicted molar refractivity (Wildman–Crippen MR) is 126 cm³/mol. The average Bonchev–Trinajstić information content (AvgIpc) is 3.24. The second kappa shape index (κ2) is 11.9. The van der Waals surface area contributed by atoms with E-state index in [1.54, 1.807) is 24.3 Å². The first-order valence-corrected chi connectivity index (χ1v) is 11.3. The molecule has 3 N–H and O–H groups in total. The summed E-state index contributed by atoms with van der Waals surface area (Å²) in [5.41, 5.74) is 2.35. The lowest BCUT2D eigenvalue weighted by molar-refractivity contribution is -0.173. The van der Waals surface area contributed by atoms with Crippen molar-refractivity contribution < 1.29 is 29.2 Å². The van der Waals surface area contributed by atoms with E-state index < -0.39 is 37.3 Å². The molecular formula is C27H29NO6. The molecule has 178 valence electrons. The fourth-order valence-corrected chi connectivity index (χ4v) is 3.92. The van der Waals surface area contributed by atoms with Crippen LogP contribution in [0, 0.1) is 0 Å². The highest BCUT2D eigenvalue weighted by Gasteiger charge is 2.49. The third kappa shape index (κ3) is 6.08. The van der Waals surface area contributed by atoms with Crippen LogP contribution in [0.1, 0.15) is 21.5 Å². The highest BCUT2D eigenvalue weighted by Crippen LogP contribution is 2.29. The Labute approximate surface area is 198 Å². The van der Waals surface area contributed by atoms with Crippen LogP contribution in [0.15, 0.2) is 91.0 Å². The van der Waals surface area contributed by atoms with Gasteiger partial charge in [-0.1, -0.05) is 78.9 Å². The summed E-state index contributed by atoms with van der Waals surface area (Å²) in [5.74, 6) is -0.310. The molecule has 0 bridgehead atoms. The maximum Gasteiger partial charge on any atom is 0.251 e. The fraction of sp³-hybridized carbons (Fsp3) is 0.296. The first-order chi connectivity index (χ1) is 16.7. The van der Waals surface area contributed by atoms with Crippen molar-refractivity contribution in [2.75, 3.05) is 6.61 Å². The van der Waals surface area contributed by atoms with Gasteiger partial charge in [0.05, 0.1) is 19.8 Å². The lowest BCUT2D eigenvalue weighted by atomic mass is 10.0. The van der Waals surface area contributed by atoms with Crippen molar-refractivity contribution in [2.24, 2.45) is 0 Å². The monoisotopic (exact) mass is 463 g/mol. The number of rotatable bonds is 10. The van der Waals surface area contributed by atoms with E-state index >= 15 is 0 Å². The van der Waals surface area contributed by atoms with Crippen molar-refractivity contribution in [3.8, 4) is 0 Å². The Morgan fingerprint density at radius 3 is 1.94 bits per heavy atom. The van der Waals surface area contributed by atoms with Gasteiger partial charge in [0.2, 0.25) is 0 Å². The number of carbonyl (C=O) groups excluding carboxylic acids is 1. The van der Waals surface area contributed by atoms with Crippen LogP contribution in [-0.2, 0) is 27.4 Å². The summed E-state index contributed by atoms with van der Waals surface area (Å²) >= 11 is 0. The standard InChI is InChI=1S/C27H29NO6/c29-16-22(30)24-25(32-17-19-10-4-1-5-11-19)23(28-26(31)21-14-8-3-9-15-21)27(34-24)33-18-20-12-6-2-7-13-20/h1-15,22-25,27,29-30H,16-18H2,(H,28,31). The van der Waals surface area contributed by atoms with Gasteiger partial charge in [0.15, 0.2) is 6.29 Å². The predicted octanol–water partition coefficient (Wildman–Crippen LogP) is 2.67. The van der Waals surface area contributed by atoms with Crippen LogP contribution in [0.4, 0.5) is 0 Å². The number of ether oxygens (including phenoxy) is 3. The summed E-state index contributed by atoms with van der Waals surface area (Å²) < 4.78 is 18.2. The molecule has 1 heterocycles. The number of nitrogens with one attached hydrogen (secondary N) is 1. The van der Waals surface area contributed by atoms with Gasteiger partial charge in [0, 0.05) is 5.56 Å². The van der Waals surface area contributed by atoms with Gasteiger partial charge >= 0.3 is 0 Å². The molecule has 5 unspecified atom stereocenters. The second-order valence-corrected chi connectivity index (χ2v) is 8.14. The molecule has 3 aromatic carbocycles. The number of carbonyl (C=O) groups is 1. The van der Waals surface area contributed by atoms with E-state index in [0.29, 0.717) is 5.56 Å². The molecule has 34 heavy (non-hydrogen) atoms. The minimum absolute atomic E-state index is 0.243. The van der Waals surface area contributed by atoms with Crippen LogP contribution in [0.2, 0.25) is 0 Å². The van der Waals surface area contributed by atoms with Gasteiger partial charge < -0.3 is 29.7 Å². The Kier molecular flexibility index (Phi) is 8.41. The van der Waals surface area contributed by atoms with E-state index in [1.165, 1.54) is 0 Å². The van der Waals surface area contributed by atoms with Gasteiger partial charge in [-0.3, -0.25) is 4.79 Å². The van der Waals surface area contributed by atoms with Gasteiger partial charge in [-0.25, -0.2) is 0 Å². The van der Waals surface area contributed by atoms with Gasteiger partial charge in [0.25, 0.3) is 5.91 Å². The molecule has 0 saturated carbocycles. The maximum absolute atomic E-state index is 13.0. The molecule has 1 aliphatic heterocycles. The molecule has 1 fully saturated rings. The molecule has 0 aromatic heterocycles. The molecule has 7 nitrogen and oxygen atoms in total. The molecule has 1 saturated heterocycles. The number of amides is 1. The van der Waals surface area contributed by atoms with Crippen LogP contribution in [0.3, 0.4) is 0 Å². The molecule has 1 amide bonds. The molecule has 5 atom stereocenters. The van der Waals surface area contributed by atoms with E-state index in [4.69, 9.17) is 14.2 Å². The number of benzene rings is 3. The van der Waals surface area contributed by atoms with Crippen LogP contribution in [-0.4, -0.2) is 53.4 Å². The van der Waals surface area contributed by atoms with E-state index in [2.05, 4.69) is 5.32 Å². The largest absolute Gasteiger partial charge is 0.394 e. The topological polar surface area (TPSA) is 97.3 Å². The third-order valence-corrected chi connectivity index (χ3v) is 5.70. The SMILES string of the molecule is O=C(NC1C(OCc2ccccc2)OC(C(O)CO)C1OCc1ccccc1)c1ccccc1. The molecule has 0 aliphatic carbocycles. The highest BCUT2D eigenvalue weighted by molar-refractivity contribution is 5.94. The van der Waals surface area contributed by atoms with Crippen LogP contribution < -0.4 is 5.32 Å². The summed E-state index contributed by atoms with van der Waals surface area (Å²) in [4.78, 5) is 13.0. The lowest BCUT2D eigenvalue weighted by Gasteiger charge is -2.26. The Hall–Kier alpha value is -3.07. The summed E-state index contributed by atoms with van der Waals surface area (Å²) in [6.45, 7) is -0.0240. The Balaban J connectivity index is 1.56. The zero-order valence-corrected chi connectivity index (χ0v) is 18.7. The zero-order chi connectivity index (χ0) is 23.8. The minimum atomic E-state index is -1.21. The lowest BCUT2D eigenvalue weighted by Crippen LogP contribution is -2.51. The molecule has 1 aliphatic rings. The molecule has 0 radical (unpaired) electrons. The van der Waals surface area contributed by atoms with Crippen molar-refractivity contribution in [2.45, 2.75) is 43.9 Å². The Morgan fingerprint density at radius 2 is 1.38 bits per heavy atom. The van der Waals surface area contributed by atoms with Gasteiger partial charge in [-0.05, 0) is 23.3 Å². The maximum atomic E-state index is 13.0. The van der Waals surface area contributed by atoms with Crippen molar-refractivity contribution in [3.05, 3.63) is 108 Å². The molecule has 4 rings (SSSR count). The molecule has 7 heteroatoms. The van der Waals surface area contributed by atoms with Gasteiger partial charge in [-0.2, -0.15) is 0 Å². The smallest absolute Gasteiger partial charge is 0.251 e. The molecular weight excluding hydrogens is 434 g/mol. The van der Waals surface area contributed by atoms with Crippen LogP contribution >= 0.6 is 0 Å². The van der Waals surface area contributed by atoms with Crippen LogP contribution in [0.5, 0.6) is 0 Å². The minimum Gasteiger partial charge on any atom is -0.394 e. The normalized spacial score (nSPS) is 22.9. The summed E-state index contributed by atoms with van der Waals surface area (Å²) in [6, 6.07) is 27.3. The van der Waals surface area contributed by atoms with E-state index in [1.807, 2.05) is 66.7 Å². The quantitative estimate of drug-likeness (QED) is 0.428. The number of aliphatic hydroxyl groups is 2. The third-order valence-electron chi connectivity index (χ3n) is 5.70. The van der Waals surface area contributed by atoms with Crippen molar-refractivity contribution >= 4 is 5.91 Å². The zero-order valence-electron chi connectivity index (χ0n) is 18.7. The number of hydrogen-bond acceptors (Lipinski definition) is 6. The summed E-state index contributed by atoms with van der Waals surface area (Å²) in [7, 11) is 0. The van der Waals surface area contributed by atoms with E-state index in [9.17, 15) is 15.0 Å². The van der Waals surface area contributed by atoms with E-state index in [-0.39, 0.29) is 19.1 Å². The van der Waals surface area contributed by atoms with Gasteiger partial charge in [0.1, 0.15) is 24.4 Å². The van der Waals surface area contributed by atoms with Crippen LogP contribution in [0.25, 0.3) is 0 Å². The average molecular weight is 464 g/mol. The highest BCUT2D eigenvalue weighted by atomic mass is 16.7. The number of hydrogen-bond donors (Lipinski definition) is 3. The van der Waals surface area contributed by atoms with Gasteiger partial charge in [-0.15, -0.1) is 0 Å². The van der Waals surface area contributed by atoms with E-state index in [0.717, 1.165) is 11.1 Å². The first kappa shape index (κ1) is 24.1. The fourth-order valence-electron chi connectivity index (χ4n) is 3.92. The first-order valence-electron chi connectivity index (χ1n) is 11.3. The van der Waals surface area contributed by atoms with Crippen molar-refractivity contribution in [1.82, 2.24) is 5.32 Å². The van der Waals surface area contributed by atoms with Crippen molar-refractivity contribution in [1.29, 1.82) is 0 Å². The Morgan fingerprint density at radius 1 is 0.853 bits per heavy atom. The number of aliphatic hydroxyl groups excluding tert-OH is 2. The molecule has 0 spiro atoms. The van der Waals surface area contributed by atoms with Crippen molar-refractivity contribution in [3.63, 3.8) is 0 Å². The summed E-state index contributed by atoms with van der Waals surface area (Å²) in [5, 5.41) is 23.1.